The van der Waals surface area contributed by atoms with Crippen molar-refractivity contribution >= 4 is 5.91 Å². The standard InChI is InChI=1S/C13H11F3N2O3/c1-6-2-10(18-21-6)13(20)17-11(5-19)7-3-8(14)12(16)9(15)4-7/h2-4,11,19H,5H2,1H3,(H,17,20). The van der Waals surface area contributed by atoms with Gasteiger partial charge in [-0.25, -0.2) is 13.2 Å². The van der Waals surface area contributed by atoms with Gasteiger partial charge < -0.3 is 14.9 Å². The van der Waals surface area contributed by atoms with Gasteiger partial charge in [-0.1, -0.05) is 5.16 Å². The van der Waals surface area contributed by atoms with Gasteiger partial charge in [0.15, 0.2) is 23.1 Å². The van der Waals surface area contributed by atoms with Gasteiger partial charge in [0.05, 0.1) is 12.6 Å². The lowest BCUT2D eigenvalue weighted by atomic mass is 10.1. The summed E-state index contributed by atoms with van der Waals surface area (Å²) >= 11 is 0. The summed E-state index contributed by atoms with van der Waals surface area (Å²) in [5.74, 6) is -4.73. The zero-order valence-corrected chi connectivity index (χ0v) is 10.9. The van der Waals surface area contributed by atoms with E-state index in [2.05, 4.69) is 10.5 Å². The van der Waals surface area contributed by atoms with Crippen LogP contribution in [0.2, 0.25) is 0 Å². The number of nitrogens with one attached hydrogen (secondary N) is 1. The van der Waals surface area contributed by atoms with Crippen LogP contribution in [0.25, 0.3) is 0 Å². The number of nitrogens with zero attached hydrogens (tertiary/aromatic N) is 1. The lowest BCUT2D eigenvalue weighted by Gasteiger charge is -2.16. The van der Waals surface area contributed by atoms with E-state index in [1.807, 2.05) is 0 Å². The molecule has 2 rings (SSSR count). The van der Waals surface area contributed by atoms with E-state index in [-0.39, 0.29) is 11.3 Å². The van der Waals surface area contributed by atoms with E-state index in [0.717, 1.165) is 0 Å². The molecule has 0 aliphatic rings. The lowest BCUT2D eigenvalue weighted by Crippen LogP contribution is -2.31. The molecule has 1 unspecified atom stereocenters. The number of aromatic nitrogens is 1. The maximum absolute atomic E-state index is 13.2. The number of hydrogen-bond acceptors (Lipinski definition) is 4. The predicted octanol–water partition coefficient (Wildman–Crippen LogP) is 1.86. The molecule has 112 valence electrons. The number of carbonyl (C=O) groups excluding carboxylic acids is 1. The fourth-order valence-corrected chi connectivity index (χ4v) is 1.72. The van der Waals surface area contributed by atoms with Gasteiger partial charge in [0.1, 0.15) is 5.76 Å². The first-order chi connectivity index (χ1) is 9.92. The molecule has 0 fully saturated rings. The minimum Gasteiger partial charge on any atom is -0.394 e. The van der Waals surface area contributed by atoms with E-state index in [1.165, 1.54) is 6.07 Å². The highest BCUT2D eigenvalue weighted by Crippen LogP contribution is 2.19. The first-order valence-electron chi connectivity index (χ1n) is 5.92. The Kier molecular flexibility index (Phi) is 4.27. The molecule has 1 atom stereocenters. The van der Waals surface area contributed by atoms with Crippen molar-refractivity contribution in [3.05, 3.63) is 52.7 Å². The summed E-state index contributed by atoms with van der Waals surface area (Å²) in [5.41, 5.74) is -0.156. The van der Waals surface area contributed by atoms with Crippen LogP contribution in [0.1, 0.15) is 27.9 Å². The predicted molar refractivity (Wildman–Crippen MR) is 64.8 cm³/mol. The maximum Gasteiger partial charge on any atom is 0.274 e. The highest BCUT2D eigenvalue weighted by molar-refractivity contribution is 5.92. The number of amides is 1. The summed E-state index contributed by atoms with van der Waals surface area (Å²) in [6, 6.07) is 1.65. The van der Waals surface area contributed by atoms with Crippen molar-refractivity contribution in [1.82, 2.24) is 10.5 Å². The smallest absolute Gasteiger partial charge is 0.274 e. The fraction of sp³-hybridized carbons (Fsp3) is 0.231. The van der Waals surface area contributed by atoms with Crippen LogP contribution < -0.4 is 5.32 Å². The third-order valence-corrected chi connectivity index (χ3v) is 2.76. The van der Waals surface area contributed by atoms with Crippen LogP contribution in [-0.2, 0) is 0 Å². The van der Waals surface area contributed by atoms with Gasteiger partial charge in [-0.05, 0) is 24.6 Å². The molecule has 1 amide bonds. The maximum atomic E-state index is 13.2. The second kappa shape index (κ2) is 5.96. The Bertz CT molecular complexity index is 649. The summed E-state index contributed by atoms with van der Waals surface area (Å²) in [4.78, 5) is 11.8. The van der Waals surface area contributed by atoms with Gasteiger partial charge in [-0.15, -0.1) is 0 Å². The monoisotopic (exact) mass is 300 g/mol. The van der Waals surface area contributed by atoms with Crippen molar-refractivity contribution in [1.29, 1.82) is 0 Å². The second-order valence-electron chi connectivity index (χ2n) is 4.33. The number of aliphatic hydroxyl groups excluding tert-OH is 1. The number of aryl methyl sites for hydroxylation is 1. The summed E-state index contributed by atoms with van der Waals surface area (Å²) in [7, 11) is 0. The molecule has 0 bridgehead atoms. The summed E-state index contributed by atoms with van der Waals surface area (Å²) in [6.45, 7) is 0.950. The summed E-state index contributed by atoms with van der Waals surface area (Å²) in [5, 5.41) is 15.0. The van der Waals surface area contributed by atoms with Crippen molar-refractivity contribution in [3.8, 4) is 0 Å². The minimum atomic E-state index is -1.62. The number of hydrogen-bond donors (Lipinski definition) is 2. The fourth-order valence-electron chi connectivity index (χ4n) is 1.72. The van der Waals surface area contributed by atoms with Gasteiger partial charge in [0.2, 0.25) is 0 Å². The third kappa shape index (κ3) is 3.22. The van der Waals surface area contributed by atoms with Gasteiger partial charge in [0.25, 0.3) is 5.91 Å². The average molecular weight is 300 g/mol. The number of benzene rings is 1. The Balaban J connectivity index is 2.22. The third-order valence-electron chi connectivity index (χ3n) is 2.76. The Labute approximate surface area is 117 Å². The molecule has 21 heavy (non-hydrogen) atoms. The van der Waals surface area contributed by atoms with Gasteiger partial charge in [-0.3, -0.25) is 4.79 Å². The van der Waals surface area contributed by atoms with E-state index >= 15 is 0 Å². The quantitative estimate of drug-likeness (QED) is 0.845. The van der Waals surface area contributed by atoms with Gasteiger partial charge in [-0.2, -0.15) is 0 Å². The molecule has 0 aliphatic heterocycles. The Morgan fingerprint density at radius 2 is 1.95 bits per heavy atom. The van der Waals surface area contributed by atoms with E-state index in [4.69, 9.17) is 4.52 Å². The number of aliphatic hydroxyl groups is 1. The molecule has 1 aromatic heterocycles. The van der Waals surface area contributed by atoms with Crippen LogP contribution in [0.4, 0.5) is 13.2 Å². The van der Waals surface area contributed by atoms with E-state index in [1.54, 1.807) is 6.92 Å². The molecule has 0 saturated carbocycles. The molecular formula is C13H11F3N2O3. The minimum absolute atomic E-state index is 0.0472. The average Bonchev–Trinajstić information content (AvgIpc) is 2.88. The molecule has 1 heterocycles. The number of carbonyl (C=O) groups is 1. The topological polar surface area (TPSA) is 75.4 Å². The molecule has 0 aliphatic carbocycles. The first-order valence-corrected chi connectivity index (χ1v) is 5.92. The Hall–Kier alpha value is -2.35. The van der Waals surface area contributed by atoms with Crippen molar-refractivity contribution in [2.24, 2.45) is 0 Å². The molecular weight excluding hydrogens is 289 g/mol. The molecule has 8 heteroatoms. The molecule has 0 radical (unpaired) electrons. The van der Waals surface area contributed by atoms with Crippen molar-refractivity contribution < 1.29 is 27.6 Å². The second-order valence-corrected chi connectivity index (χ2v) is 4.33. The summed E-state index contributed by atoms with van der Waals surface area (Å²) < 4.78 is 43.9. The SMILES string of the molecule is Cc1cc(C(=O)NC(CO)c2cc(F)c(F)c(F)c2)no1. The van der Waals surface area contributed by atoms with Crippen LogP contribution in [0.5, 0.6) is 0 Å². The van der Waals surface area contributed by atoms with Crippen LogP contribution in [-0.4, -0.2) is 22.8 Å². The molecule has 2 N–H and O–H groups in total. The van der Waals surface area contributed by atoms with Crippen molar-refractivity contribution in [2.45, 2.75) is 13.0 Å². The van der Waals surface area contributed by atoms with E-state index in [0.29, 0.717) is 17.9 Å². The Morgan fingerprint density at radius 1 is 1.33 bits per heavy atom. The normalized spacial score (nSPS) is 12.2. The Morgan fingerprint density at radius 3 is 2.43 bits per heavy atom. The molecule has 1 aromatic carbocycles. The van der Waals surface area contributed by atoms with Crippen LogP contribution in [0.15, 0.2) is 22.7 Å². The van der Waals surface area contributed by atoms with Crippen molar-refractivity contribution in [2.75, 3.05) is 6.61 Å². The van der Waals surface area contributed by atoms with Gasteiger partial charge in [0, 0.05) is 6.07 Å². The van der Waals surface area contributed by atoms with Crippen LogP contribution in [0.3, 0.4) is 0 Å². The van der Waals surface area contributed by atoms with Crippen LogP contribution in [0, 0.1) is 24.4 Å². The highest BCUT2D eigenvalue weighted by atomic mass is 19.2. The lowest BCUT2D eigenvalue weighted by molar-refractivity contribution is 0.0906. The van der Waals surface area contributed by atoms with Gasteiger partial charge >= 0.3 is 0 Å². The van der Waals surface area contributed by atoms with E-state index < -0.39 is 36.0 Å². The zero-order valence-electron chi connectivity index (χ0n) is 10.9. The largest absolute Gasteiger partial charge is 0.394 e. The molecule has 0 spiro atoms. The van der Waals surface area contributed by atoms with Crippen molar-refractivity contribution in [3.63, 3.8) is 0 Å². The first kappa shape index (κ1) is 15.0. The number of halogens is 3. The molecule has 0 saturated heterocycles. The number of rotatable bonds is 4. The summed E-state index contributed by atoms with van der Waals surface area (Å²) in [6.07, 6.45) is 0. The van der Waals surface area contributed by atoms with Crippen LogP contribution >= 0.6 is 0 Å². The van der Waals surface area contributed by atoms with E-state index in [9.17, 15) is 23.1 Å². The zero-order chi connectivity index (χ0) is 15.6. The molecule has 2 aromatic rings. The highest BCUT2D eigenvalue weighted by Gasteiger charge is 2.20. The molecule has 5 nitrogen and oxygen atoms in total.